The van der Waals surface area contributed by atoms with Crippen molar-refractivity contribution in [3.05, 3.63) is 65.7 Å². The molecule has 0 atom stereocenters. The van der Waals surface area contributed by atoms with Crippen LogP contribution in [0.15, 0.2) is 65.1 Å². The molecule has 0 spiro atoms. The van der Waals surface area contributed by atoms with E-state index in [1.54, 1.807) is 18.2 Å². The van der Waals surface area contributed by atoms with Crippen molar-refractivity contribution in [1.29, 1.82) is 0 Å². The normalized spacial score (nSPS) is 11.6. The number of benzene rings is 3. The first-order valence-corrected chi connectivity index (χ1v) is 11.5. The summed E-state index contributed by atoms with van der Waals surface area (Å²) in [4.78, 5) is 12.7. The number of hydrogen-bond acceptors (Lipinski definition) is 5. The molecule has 0 aliphatic carbocycles. The minimum Gasteiger partial charge on any atom is -0.495 e. The van der Waals surface area contributed by atoms with Gasteiger partial charge >= 0.3 is 0 Å². The average molecular weight is 459 g/mol. The highest BCUT2D eigenvalue weighted by molar-refractivity contribution is 7.92. The van der Waals surface area contributed by atoms with E-state index in [0.29, 0.717) is 17.0 Å². The number of nitrogens with zero attached hydrogens (tertiary/aromatic N) is 1. The van der Waals surface area contributed by atoms with Crippen LogP contribution in [-0.2, 0) is 14.8 Å². The van der Waals surface area contributed by atoms with Crippen molar-refractivity contribution < 1.29 is 22.4 Å². The van der Waals surface area contributed by atoms with Crippen LogP contribution in [0.5, 0.6) is 5.75 Å². The summed E-state index contributed by atoms with van der Waals surface area (Å²) >= 11 is 6.12. The first-order valence-electron chi connectivity index (χ1n) is 9.28. The Morgan fingerprint density at radius 1 is 1.06 bits per heavy atom. The second kappa shape index (κ2) is 8.13. The number of hydrogen-bond donors (Lipinski definition) is 1. The Bertz CT molecular complexity index is 1400. The molecule has 1 amide bonds. The van der Waals surface area contributed by atoms with Crippen LogP contribution in [0.4, 0.5) is 11.4 Å². The van der Waals surface area contributed by atoms with E-state index >= 15 is 0 Å². The minimum absolute atomic E-state index is 0.240. The van der Waals surface area contributed by atoms with Gasteiger partial charge in [0.15, 0.2) is 0 Å². The van der Waals surface area contributed by atoms with Gasteiger partial charge in [0.05, 0.1) is 24.1 Å². The Morgan fingerprint density at radius 2 is 1.81 bits per heavy atom. The van der Waals surface area contributed by atoms with Crippen molar-refractivity contribution in [3.8, 4) is 5.75 Å². The number of fused-ring (bicyclic) bond motifs is 3. The number of rotatable bonds is 6. The number of para-hydroxylation sites is 1. The Balaban J connectivity index is 1.58. The molecular formula is C22H19ClN2O5S. The van der Waals surface area contributed by atoms with Crippen molar-refractivity contribution in [2.24, 2.45) is 0 Å². The summed E-state index contributed by atoms with van der Waals surface area (Å²) in [6.45, 7) is -0.417. The van der Waals surface area contributed by atoms with E-state index in [0.717, 1.165) is 26.9 Å². The molecule has 0 bridgehead atoms. The van der Waals surface area contributed by atoms with Gasteiger partial charge in [0.25, 0.3) is 0 Å². The first-order chi connectivity index (χ1) is 14.8. The fourth-order valence-corrected chi connectivity index (χ4v) is 4.45. The number of carbonyl (C=O) groups excluding carboxylic acids is 1. The van der Waals surface area contributed by atoms with Crippen LogP contribution in [0.3, 0.4) is 0 Å². The lowest BCUT2D eigenvalue weighted by atomic mass is 10.1. The fraction of sp³-hybridized carbons (Fsp3) is 0.136. The van der Waals surface area contributed by atoms with Gasteiger partial charge < -0.3 is 14.5 Å². The van der Waals surface area contributed by atoms with Crippen molar-refractivity contribution in [1.82, 2.24) is 0 Å². The quantitative estimate of drug-likeness (QED) is 0.454. The molecule has 1 aromatic heterocycles. The fourth-order valence-electron chi connectivity index (χ4n) is 3.35. The number of halogens is 1. The van der Waals surface area contributed by atoms with Crippen LogP contribution >= 0.6 is 11.6 Å². The average Bonchev–Trinajstić information content (AvgIpc) is 3.09. The van der Waals surface area contributed by atoms with Gasteiger partial charge in [-0.3, -0.25) is 9.10 Å². The zero-order chi connectivity index (χ0) is 22.2. The summed E-state index contributed by atoms with van der Waals surface area (Å²) in [7, 11) is -2.28. The molecule has 0 saturated carbocycles. The first kappa shape index (κ1) is 21.0. The van der Waals surface area contributed by atoms with E-state index in [2.05, 4.69) is 5.32 Å². The second-order valence-electron chi connectivity index (χ2n) is 6.95. The number of nitrogens with one attached hydrogen (secondary N) is 1. The summed E-state index contributed by atoms with van der Waals surface area (Å²) in [5.41, 5.74) is 2.13. The third kappa shape index (κ3) is 4.30. The van der Waals surface area contributed by atoms with Gasteiger partial charge in [0, 0.05) is 22.5 Å². The maximum absolute atomic E-state index is 12.7. The van der Waals surface area contributed by atoms with E-state index in [9.17, 15) is 13.2 Å². The van der Waals surface area contributed by atoms with Crippen molar-refractivity contribution in [3.63, 3.8) is 0 Å². The lowest BCUT2D eigenvalue weighted by Gasteiger charge is -2.22. The maximum Gasteiger partial charge on any atom is 0.245 e. The molecular weight excluding hydrogens is 440 g/mol. The molecule has 0 saturated heterocycles. The molecule has 160 valence electrons. The van der Waals surface area contributed by atoms with Crippen molar-refractivity contribution in [2.45, 2.75) is 0 Å². The zero-order valence-corrected chi connectivity index (χ0v) is 18.3. The number of sulfonamides is 1. The van der Waals surface area contributed by atoms with Crippen LogP contribution in [0.2, 0.25) is 5.02 Å². The summed E-state index contributed by atoms with van der Waals surface area (Å²) in [6, 6.07) is 17.5. The number of carbonyl (C=O) groups is 1. The van der Waals surface area contributed by atoms with Crippen LogP contribution in [0.25, 0.3) is 21.9 Å². The minimum atomic E-state index is -3.74. The van der Waals surface area contributed by atoms with E-state index < -0.39 is 22.5 Å². The lowest BCUT2D eigenvalue weighted by molar-refractivity contribution is -0.114. The Labute approximate surface area is 184 Å². The van der Waals surface area contributed by atoms with Crippen LogP contribution in [0, 0.1) is 0 Å². The van der Waals surface area contributed by atoms with Crippen LogP contribution < -0.4 is 14.4 Å². The van der Waals surface area contributed by atoms with Crippen LogP contribution in [0.1, 0.15) is 0 Å². The topological polar surface area (TPSA) is 88.8 Å². The van der Waals surface area contributed by atoms with Gasteiger partial charge in [0.1, 0.15) is 23.5 Å². The molecule has 0 aliphatic heterocycles. The molecule has 3 aromatic carbocycles. The molecule has 0 fully saturated rings. The Morgan fingerprint density at radius 3 is 2.52 bits per heavy atom. The smallest absolute Gasteiger partial charge is 0.245 e. The zero-order valence-electron chi connectivity index (χ0n) is 16.8. The largest absolute Gasteiger partial charge is 0.495 e. The SMILES string of the molecule is COc1ccc(N(CC(=O)Nc2ccc3c(c2)oc2ccccc23)S(C)(=O)=O)cc1Cl. The number of anilines is 2. The molecule has 0 radical (unpaired) electrons. The second-order valence-corrected chi connectivity index (χ2v) is 9.26. The van der Waals surface area contributed by atoms with Crippen molar-refractivity contribution >= 4 is 60.8 Å². The number of methoxy groups -OCH3 is 1. The predicted octanol–water partition coefficient (Wildman–Crippen LogP) is 4.65. The molecule has 0 unspecified atom stereocenters. The summed E-state index contributed by atoms with van der Waals surface area (Å²) in [5, 5.41) is 4.88. The highest BCUT2D eigenvalue weighted by Crippen LogP contribution is 2.31. The number of furan rings is 1. The summed E-state index contributed by atoms with van der Waals surface area (Å²) in [6.07, 6.45) is 1.03. The van der Waals surface area contributed by atoms with E-state index in [1.807, 2.05) is 30.3 Å². The molecule has 31 heavy (non-hydrogen) atoms. The monoisotopic (exact) mass is 458 g/mol. The Kier molecular flexibility index (Phi) is 5.51. The number of ether oxygens (including phenoxy) is 1. The molecule has 9 heteroatoms. The molecule has 4 rings (SSSR count). The Hall–Kier alpha value is -3.23. The summed E-state index contributed by atoms with van der Waals surface area (Å²) in [5.74, 6) is -0.102. The van der Waals surface area contributed by atoms with E-state index in [4.69, 9.17) is 20.8 Å². The van der Waals surface area contributed by atoms with Gasteiger partial charge in [-0.2, -0.15) is 0 Å². The third-order valence-corrected chi connectivity index (χ3v) is 6.21. The van der Waals surface area contributed by atoms with E-state index in [-0.39, 0.29) is 10.7 Å². The number of amides is 1. The van der Waals surface area contributed by atoms with Gasteiger partial charge in [-0.25, -0.2) is 8.42 Å². The molecule has 4 aromatic rings. The standard InChI is InChI=1S/C22H19ClN2O5S/c1-29-20-10-8-15(12-18(20)23)25(31(2,27)28)13-22(26)24-14-7-9-17-16-5-3-4-6-19(16)30-21(17)11-14/h3-12H,13H2,1-2H3,(H,24,26). The molecule has 1 N–H and O–H groups in total. The highest BCUT2D eigenvalue weighted by atomic mass is 35.5. The molecule has 1 heterocycles. The summed E-state index contributed by atoms with van der Waals surface area (Å²) < 4.78 is 36.5. The third-order valence-electron chi connectivity index (χ3n) is 4.77. The molecule has 7 nitrogen and oxygen atoms in total. The highest BCUT2D eigenvalue weighted by Gasteiger charge is 2.22. The van der Waals surface area contributed by atoms with E-state index in [1.165, 1.54) is 19.2 Å². The lowest BCUT2D eigenvalue weighted by Crippen LogP contribution is -2.37. The predicted molar refractivity (Wildman–Crippen MR) is 123 cm³/mol. The van der Waals surface area contributed by atoms with Gasteiger partial charge in [-0.15, -0.1) is 0 Å². The van der Waals surface area contributed by atoms with Gasteiger partial charge in [0.2, 0.25) is 15.9 Å². The van der Waals surface area contributed by atoms with Gasteiger partial charge in [-0.1, -0.05) is 29.8 Å². The van der Waals surface area contributed by atoms with Crippen LogP contribution in [-0.4, -0.2) is 34.2 Å². The van der Waals surface area contributed by atoms with Gasteiger partial charge in [-0.05, 0) is 36.4 Å². The molecule has 0 aliphatic rings. The maximum atomic E-state index is 12.7. The van der Waals surface area contributed by atoms with Crippen molar-refractivity contribution in [2.75, 3.05) is 29.5 Å².